The van der Waals surface area contributed by atoms with Gasteiger partial charge < -0.3 is 34.6 Å². The number of rotatable bonds is 9. The van der Waals surface area contributed by atoms with Gasteiger partial charge in [0.25, 0.3) is 0 Å². The number of nitrogens with zero attached hydrogens (tertiary/aromatic N) is 1. The van der Waals surface area contributed by atoms with Crippen molar-refractivity contribution in [2.24, 2.45) is 0 Å². The fourth-order valence-corrected chi connectivity index (χ4v) is 3.48. The van der Waals surface area contributed by atoms with Crippen LogP contribution in [0.3, 0.4) is 0 Å². The number of hydrogen-bond acceptors (Lipinski definition) is 7. The summed E-state index contributed by atoms with van der Waals surface area (Å²) in [6, 6.07) is 12.3. The number of likely N-dealkylation sites (tertiary alicyclic amines) is 1. The van der Waals surface area contributed by atoms with E-state index in [9.17, 15) is 19.5 Å². The fourth-order valence-electron chi connectivity index (χ4n) is 3.48. The Hall–Kier alpha value is -3.24. The smallest absolute Gasteiger partial charge is 0.306 e. The van der Waals surface area contributed by atoms with Gasteiger partial charge in [-0.3, -0.25) is 9.59 Å². The zero-order valence-electron chi connectivity index (χ0n) is 17.7. The van der Waals surface area contributed by atoms with Gasteiger partial charge in [-0.1, -0.05) is 35.5 Å². The molecule has 32 heavy (non-hydrogen) atoms. The van der Waals surface area contributed by atoms with Gasteiger partial charge in [0.2, 0.25) is 0 Å². The average Bonchev–Trinajstić information content (AvgIpc) is 3.22. The van der Waals surface area contributed by atoms with Gasteiger partial charge in [0, 0.05) is 18.1 Å². The molecule has 0 unspecified atom stereocenters. The Labute approximate surface area is 185 Å². The van der Waals surface area contributed by atoms with Crippen LogP contribution in [0.4, 0.5) is 0 Å². The molecule has 1 aliphatic rings. The lowest BCUT2D eigenvalue weighted by Crippen LogP contribution is -3.13. The summed E-state index contributed by atoms with van der Waals surface area (Å²) in [5.41, 5.74) is -0.666. The second kappa shape index (κ2) is 12.0. The van der Waals surface area contributed by atoms with Gasteiger partial charge in [-0.25, -0.2) is 0 Å². The Kier molecular flexibility index (Phi) is 9.36. The van der Waals surface area contributed by atoms with Crippen molar-refractivity contribution >= 4 is 17.9 Å². The van der Waals surface area contributed by atoms with Gasteiger partial charge in [-0.05, 0) is 19.3 Å². The lowest BCUT2D eigenvalue weighted by atomic mass is 9.96. The molecule has 4 N–H and O–H groups in total. The van der Waals surface area contributed by atoms with Gasteiger partial charge >= 0.3 is 11.9 Å². The second-order valence-corrected chi connectivity index (χ2v) is 7.82. The summed E-state index contributed by atoms with van der Waals surface area (Å²) < 4.78 is 5.43. The van der Waals surface area contributed by atoms with Crippen LogP contribution in [0.2, 0.25) is 0 Å². The summed E-state index contributed by atoms with van der Waals surface area (Å²) in [6.45, 7) is 3.83. The first kappa shape index (κ1) is 25.0. The highest BCUT2D eigenvalue weighted by Crippen LogP contribution is 2.19. The molecule has 3 rings (SSSR count). The molecule has 2 aromatic rings. The number of aliphatic carboxylic acids is 3. The number of carboxylic acid groups (broad SMARTS) is 3. The van der Waals surface area contributed by atoms with Gasteiger partial charge in [0.1, 0.15) is 5.60 Å². The Morgan fingerprint density at radius 2 is 1.62 bits per heavy atom. The molecule has 0 aliphatic carbocycles. The fraction of sp³-hybridized carbons (Fsp3) is 0.455. The monoisotopic (exact) mass is 448 g/mol. The molecule has 1 aromatic carbocycles. The van der Waals surface area contributed by atoms with Crippen LogP contribution in [0, 0.1) is 0 Å². The molecule has 10 nitrogen and oxygen atoms in total. The van der Waals surface area contributed by atoms with Crippen molar-refractivity contribution < 1.29 is 44.2 Å². The molecule has 1 fully saturated rings. The first-order valence-electron chi connectivity index (χ1n) is 10.4. The van der Waals surface area contributed by atoms with Gasteiger partial charge in [-0.2, -0.15) is 0 Å². The Balaban J connectivity index is 0.000000247. The molecule has 1 aromatic heterocycles. The average molecular weight is 448 g/mol. The third-order valence-corrected chi connectivity index (χ3v) is 5.18. The SMILES string of the molecule is O=C(O)CC(O)(CC(=O)O)C(=O)[O-].c1ccc(-c2cc(CC[NH+]3CCCCC3)no2)cc1. The van der Waals surface area contributed by atoms with Crippen LogP contribution in [-0.4, -0.2) is 63.6 Å². The maximum atomic E-state index is 10.2. The quantitative estimate of drug-likeness (QED) is 0.391. The highest BCUT2D eigenvalue weighted by molar-refractivity contribution is 5.86. The first-order chi connectivity index (χ1) is 15.2. The highest BCUT2D eigenvalue weighted by Gasteiger charge is 2.34. The van der Waals surface area contributed by atoms with E-state index in [-0.39, 0.29) is 0 Å². The van der Waals surface area contributed by atoms with Crippen LogP contribution in [-0.2, 0) is 20.8 Å². The largest absolute Gasteiger partial charge is 0.547 e. The number of benzene rings is 1. The Morgan fingerprint density at radius 1 is 1.03 bits per heavy atom. The number of quaternary nitrogens is 1. The maximum absolute atomic E-state index is 10.2. The van der Waals surface area contributed by atoms with Gasteiger partial charge in [0.05, 0.1) is 44.1 Å². The minimum atomic E-state index is -2.85. The van der Waals surface area contributed by atoms with Crippen LogP contribution in [0.5, 0.6) is 0 Å². The lowest BCUT2D eigenvalue weighted by molar-refractivity contribution is -0.904. The molecule has 174 valence electrons. The minimum Gasteiger partial charge on any atom is -0.547 e. The predicted molar refractivity (Wildman–Crippen MR) is 110 cm³/mol. The molecule has 0 spiro atoms. The molecule has 1 saturated heterocycles. The maximum Gasteiger partial charge on any atom is 0.306 e. The predicted octanol–water partition coefficient (Wildman–Crippen LogP) is -0.630. The minimum absolute atomic E-state index is 0.879. The van der Waals surface area contributed by atoms with Crippen molar-refractivity contribution in [2.45, 2.75) is 44.1 Å². The first-order valence-corrected chi connectivity index (χ1v) is 10.4. The van der Waals surface area contributed by atoms with E-state index in [0.29, 0.717) is 0 Å². The topological polar surface area (TPSA) is 165 Å². The van der Waals surface area contributed by atoms with Crippen LogP contribution < -0.4 is 10.0 Å². The van der Waals surface area contributed by atoms with E-state index in [0.717, 1.165) is 23.4 Å². The van der Waals surface area contributed by atoms with E-state index in [1.807, 2.05) is 18.2 Å². The van der Waals surface area contributed by atoms with E-state index >= 15 is 0 Å². The van der Waals surface area contributed by atoms with Crippen molar-refractivity contribution in [3.63, 3.8) is 0 Å². The van der Waals surface area contributed by atoms with Crippen LogP contribution >= 0.6 is 0 Å². The number of nitrogens with one attached hydrogen (secondary N) is 1. The number of carbonyl (C=O) groups is 3. The normalized spacial score (nSPS) is 14.3. The number of carbonyl (C=O) groups excluding carboxylic acids is 1. The van der Waals surface area contributed by atoms with Crippen molar-refractivity contribution in [3.05, 3.63) is 42.1 Å². The van der Waals surface area contributed by atoms with Crippen molar-refractivity contribution in [1.82, 2.24) is 5.16 Å². The van der Waals surface area contributed by atoms with Crippen LogP contribution in [0.25, 0.3) is 11.3 Å². The van der Waals surface area contributed by atoms with Crippen LogP contribution in [0.15, 0.2) is 40.9 Å². The van der Waals surface area contributed by atoms with Crippen molar-refractivity contribution in [2.75, 3.05) is 19.6 Å². The van der Waals surface area contributed by atoms with E-state index in [1.54, 1.807) is 4.90 Å². The van der Waals surface area contributed by atoms with E-state index in [1.165, 1.54) is 38.9 Å². The van der Waals surface area contributed by atoms with E-state index in [4.69, 9.17) is 19.8 Å². The number of carboxylic acids is 3. The lowest BCUT2D eigenvalue weighted by Gasteiger charge is -2.25. The number of hydrogen-bond donors (Lipinski definition) is 4. The molecule has 0 radical (unpaired) electrons. The third kappa shape index (κ3) is 8.12. The molecule has 0 bridgehead atoms. The summed E-state index contributed by atoms with van der Waals surface area (Å²) in [4.78, 5) is 32.0. The van der Waals surface area contributed by atoms with Gasteiger partial charge in [0.15, 0.2) is 5.76 Å². The summed E-state index contributed by atoms with van der Waals surface area (Å²) in [5.74, 6) is -4.47. The molecule has 0 atom stereocenters. The molecular weight excluding hydrogens is 420 g/mol. The molecule has 0 amide bonds. The molecular formula is C22H28N2O8. The number of aliphatic hydroxyl groups is 1. The van der Waals surface area contributed by atoms with Crippen LogP contribution in [0.1, 0.15) is 37.8 Å². The van der Waals surface area contributed by atoms with Crippen molar-refractivity contribution in [1.29, 1.82) is 0 Å². The summed E-state index contributed by atoms with van der Waals surface area (Å²) in [6.07, 6.45) is 2.77. The Morgan fingerprint density at radius 3 is 2.16 bits per heavy atom. The van der Waals surface area contributed by atoms with E-state index in [2.05, 4.69) is 23.4 Å². The zero-order chi connectivity index (χ0) is 23.6. The molecule has 0 saturated carbocycles. The van der Waals surface area contributed by atoms with Gasteiger partial charge in [-0.15, -0.1) is 0 Å². The summed E-state index contributed by atoms with van der Waals surface area (Å²) in [7, 11) is 0. The highest BCUT2D eigenvalue weighted by atomic mass is 16.5. The third-order valence-electron chi connectivity index (χ3n) is 5.18. The second-order valence-electron chi connectivity index (χ2n) is 7.82. The number of aromatic nitrogens is 1. The molecule has 10 heteroatoms. The van der Waals surface area contributed by atoms with E-state index < -0.39 is 36.4 Å². The zero-order valence-corrected chi connectivity index (χ0v) is 17.7. The Bertz CT molecular complexity index is 874. The molecule has 1 aliphatic heterocycles. The molecule has 2 heterocycles. The standard InChI is InChI=1S/C16H20N2O.C6H8O7/c1-3-7-14(8-4-1)16-13-15(17-19-16)9-12-18-10-5-2-6-11-18;7-3(8)1-6(13,5(11)12)2-4(9)10/h1,3-4,7-8,13H,2,5-6,9-12H2;13H,1-2H2,(H,7,8)(H,9,10)(H,11,12). The summed E-state index contributed by atoms with van der Waals surface area (Å²) >= 11 is 0. The number of piperidine rings is 1. The summed E-state index contributed by atoms with van der Waals surface area (Å²) in [5, 5.41) is 39.7. The van der Waals surface area contributed by atoms with Crippen molar-refractivity contribution in [3.8, 4) is 11.3 Å².